The number of likely N-dealkylation sites (tertiary alicyclic amines) is 1. The van der Waals surface area contributed by atoms with Crippen molar-refractivity contribution in [1.82, 2.24) is 4.90 Å². The molecule has 1 fully saturated rings. The number of nitrogens with zero attached hydrogens (tertiary/aromatic N) is 1. The molecule has 152 valence electrons. The Labute approximate surface area is 178 Å². The van der Waals surface area contributed by atoms with Gasteiger partial charge in [-0.05, 0) is 42.7 Å². The molecule has 0 aromatic heterocycles. The van der Waals surface area contributed by atoms with Gasteiger partial charge in [-0.2, -0.15) is 0 Å². The molecule has 0 aliphatic carbocycles. The lowest BCUT2D eigenvalue weighted by Gasteiger charge is -2.15. The van der Waals surface area contributed by atoms with Crippen molar-refractivity contribution in [3.05, 3.63) is 52.5 Å². The highest BCUT2D eigenvalue weighted by Gasteiger charge is 2.21. The molecule has 2 aliphatic heterocycles. The Morgan fingerprint density at radius 3 is 2.76 bits per heavy atom. The number of hydrogen-bond donors (Lipinski definition) is 0. The van der Waals surface area contributed by atoms with Crippen molar-refractivity contribution in [3.63, 3.8) is 0 Å². The maximum Gasteiger partial charge on any atom is 0.339 e. The van der Waals surface area contributed by atoms with Crippen LogP contribution in [0.15, 0.2) is 41.3 Å². The second-order valence-corrected chi connectivity index (χ2v) is 8.18. The van der Waals surface area contributed by atoms with E-state index < -0.39 is 5.97 Å². The molecule has 0 saturated carbocycles. The van der Waals surface area contributed by atoms with E-state index >= 15 is 0 Å². The zero-order valence-corrected chi connectivity index (χ0v) is 17.3. The fourth-order valence-electron chi connectivity index (χ4n) is 3.29. The summed E-state index contributed by atoms with van der Waals surface area (Å²) in [6, 6.07) is 10.6. The molecule has 0 spiro atoms. The molecule has 1 amide bonds. The Hall–Kier alpha value is -2.38. The van der Waals surface area contributed by atoms with Crippen molar-refractivity contribution < 1.29 is 23.8 Å². The minimum Gasteiger partial charge on any atom is -0.457 e. The topological polar surface area (TPSA) is 65.1 Å². The Morgan fingerprint density at radius 2 is 1.93 bits per heavy atom. The number of carbonyl (C=O) groups excluding carboxylic acids is 2. The fraction of sp³-hybridized carbons (Fsp3) is 0.333. The highest BCUT2D eigenvalue weighted by Crippen LogP contribution is 2.40. The summed E-state index contributed by atoms with van der Waals surface area (Å²) >= 11 is 7.53. The first-order valence-corrected chi connectivity index (χ1v) is 10.7. The molecule has 2 heterocycles. The van der Waals surface area contributed by atoms with Gasteiger partial charge in [0.2, 0.25) is 12.7 Å². The molecule has 2 aromatic carbocycles. The molecular weight excluding hydrogens is 414 g/mol. The summed E-state index contributed by atoms with van der Waals surface area (Å²) in [5.41, 5.74) is 1.15. The van der Waals surface area contributed by atoms with E-state index in [1.165, 1.54) is 11.8 Å². The van der Waals surface area contributed by atoms with Crippen LogP contribution in [0, 0.1) is 0 Å². The summed E-state index contributed by atoms with van der Waals surface area (Å²) in [6.07, 6.45) is 2.12. The number of ether oxygens (including phenoxy) is 3. The van der Waals surface area contributed by atoms with Crippen molar-refractivity contribution in [1.29, 1.82) is 0 Å². The van der Waals surface area contributed by atoms with Gasteiger partial charge in [-0.15, -0.1) is 11.8 Å². The van der Waals surface area contributed by atoms with E-state index in [9.17, 15) is 9.59 Å². The molecule has 2 aromatic rings. The number of amides is 1. The van der Waals surface area contributed by atoms with Crippen LogP contribution >= 0.6 is 23.4 Å². The molecule has 0 unspecified atom stereocenters. The largest absolute Gasteiger partial charge is 0.457 e. The van der Waals surface area contributed by atoms with E-state index in [1.54, 1.807) is 24.3 Å². The van der Waals surface area contributed by atoms with Gasteiger partial charge in [-0.25, -0.2) is 4.79 Å². The third-order valence-electron chi connectivity index (χ3n) is 4.77. The monoisotopic (exact) mass is 433 g/mol. The summed E-state index contributed by atoms with van der Waals surface area (Å²) in [4.78, 5) is 27.5. The molecule has 1 saturated heterocycles. The van der Waals surface area contributed by atoms with Gasteiger partial charge in [0.1, 0.15) is 6.61 Å². The second kappa shape index (κ2) is 8.97. The highest BCUT2D eigenvalue weighted by molar-refractivity contribution is 8.00. The van der Waals surface area contributed by atoms with Crippen LogP contribution in [-0.2, 0) is 16.1 Å². The molecule has 0 radical (unpaired) electrons. The van der Waals surface area contributed by atoms with Crippen LogP contribution in [-0.4, -0.2) is 42.4 Å². The Balaban J connectivity index is 1.39. The minimum absolute atomic E-state index is 0.0565. The summed E-state index contributed by atoms with van der Waals surface area (Å²) in [7, 11) is 0. The van der Waals surface area contributed by atoms with Gasteiger partial charge in [-0.1, -0.05) is 23.7 Å². The Kier molecular flexibility index (Phi) is 6.16. The van der Waals surface area contributed by atoms with E-state index in [4.69, 9.17) is 25.8 Å². The van der Waals surface area contributed by atoms with Crippen LogP contribution in [0.4, 0.5) is 0 Å². The van der Waals surface area contributed by atoms with E-state index in [0.717, 1.165) is 30.8 Å². The van der Waals surface area contributed by atoms with Crippen LogP contribution in [0.2, 0.25) is 5.02 Å². The minimum atomic E-state index is -0.449. The van der Waals surface area contributed by atoms with Crippen LogP contribution in [0.1, 0.15) is 28.8 Å². The van der Waals surface area contributed by atoms with Gasteiger partial charge >= 0.3 is 5.97 Å². The summed E-state index contributed by atoms with van der Waals surface area (Å²) in [5, 5.41) is 0.419. The predicted octanol–water partition coefficient (Wildman–Crippen LogP) is 4.14. The van der Waals surface area contributed by atoms with Gasteiger partial charge in [-0.3, -0.25) is 4.79 Å². The molecular formula is C21H20ClNO5S. The third-order valence-corrected chi connectivity index (χ3v) is 6.11. The standard InChI is InChI=1S/C21H20ClNO5S/c22-16-9-14(10-17-20(16)28-13-27-17)11-26-21(25)15-5-1-2-6-18(15)29-12-19(24)23-7-3-4-8-23/h1-2,5-6,9-10H,3-4,7-8,11-13H2. The number of fused-ring (bicyclic) bond motifs is 1. The number of hydrogen-bond acceptors (Lipinski definition) is 6. The number of carbonyl (C=O) groups is 2. The molecule has 0 N–H and O–H groups in total. The number of esters is 1. The SMILES string of the molecule is O=C(OCc1cc(Cl)c2c(c1)OCO2)c1ccccc1SCC(=O)N1CCCC1. The van der Waals surface area contributed by atoms with E-state index in [0.29, 0.717) is 33.4 Å². The molecule has 2 aliphatic rings. The second-order valence-electron chi connectivity index (χ2n) is 6.76. The van der Waals surface area contributed by atoms with Crippen LogP contribution in [0.5, 0.6) is 11.5 Å². The lowest BCUT2D eigenvalue weighted by atomic mass is 10.2. The van der Waals surface area contributed by atoms with Crippen molar-refractivity contribution in [2.75, 3.05) is 25.6 Å². The zero-order chi connectivity index (χ0) is 20.2. The van der Waals surface area contributed by atoms with E-state index in [2.05, 4.69) is 0 Å². The summed E-state index contributed by atoms with van der Waals surface area (Å²) in [6.45, 7) is 1.82. The van der Waals surface area contributed by atoms with Crippen LogP contribution in [0.25, 0.3) is 0 Å². The molecule has 0 bridgehead atoms. The quantitative estimate of drug-likeness (QED) is 0.504. The average Bonchev–Trinajstić information content (AvgIpc) is 3.42. The molecule has 0 atom stereocenters. The molecule has 29 heavy (non-hydrogen) atoms. The highest BCUT2D eigenvalue weighted by atomic mass is 35.5. The summed E-state index contributed by atoms with van der Waals surface area (Å²) in [5.74, 6) is 1.01. The summed E-state index contributed by atoms with van der Waals surface area (Å²) < 4.78 is 16.1. The first-order chi connectivity index (χ1) is 14.1. The van der Waals surface area contributed by atoms with Crippen LogP contribution < -0.4 is 9.47 Å². The van der Waals surface area contributed by atoms with Crippen molar-refractivity contribution in [3.8, 4) is 11.5 Å². The lowest BCUT2D eigenvalue weighted by Crippen LogP contribution is -2.29. The van der Waals surface area contributed by atoms with Gasteiger partial charge in [0.25, 0.3) is 0 Å². The third kappa shape index (κ3) is 4.62. The van der Waals surface area contributed by atoms with Crippen molar-refractivity contribution in [2.45, 2.75) is 24.3 Å². The first-order valence-electron chi connectivity index (χ1n) is 9.36. The number of thioether (sulfide) groups is 1. The lowest BCUT2D eigenvalue weighted by molar-refractivity contribution is -0.127. The maximum absolute atomic E-state index is 12.6. The van der Waals surface area contributed by atoms with Gasteiger partial charge in [0.05, 0.1) is 16.3 Å². The predicted molar refractivity (Wildman–Crippen MR) is 110 cm³/mol. The molecule has 6 nitrogen and oxygen atoms in total. The average molecular weight is 434 g/mol. The van der Waals surface area contributed by atoms with E-state index in [-0.39, 0.29) is 19.3 Å². The molecule has 8 heteroatoms. The van der Waals surface area contributed by atoms with E-state index in [1.807, 2.05) is 17.0 Å². The maximum atomic E-state index is 12.6. The Bertz CT molecular complexity index is 929. The van der Waals surface area contributed by atoms with Crippen molar-refractivity contribution in [2.24, 2.45) is 0 Å². The number of halogens is 1. The zero-order valence-electron chi connectivity index (χ0n) is 15.7. The molecule has 4 rings (SSSR count). The normalized spacial score (nSPS) is 14.9. The van der Waals surface area contributed by atoms with Gasteiger partial charge in [0.15, 0.2) is 11.5 Å². The van der Waals surface area contributed by atoms with Gasteiger partial charge < -0.3 is 19.1 Å². The first kappa shape index (κ1) is 19.9. The van der Waals surface area contributed by atoms with Crippen molar-refractivity contribution >= 4 is 35.2 Å². The number of rotatable bonds is 6. The number of benzene rings is 2. The van der Waals surface area contributed by atoms with Crippen LogP contribution in [0.3, 0.4) is 0 Å². The Morgan fingerprint density at radius 1 is 1.14 bits per heavy atom. The fourth-order valence-corrected chi connectivity index (χ4v) is 4.52. The van der Waals surface area contributed by atoms with Gasteiger partial charge in [0, 0.05) is 18.0 Å². The smallest absolute Gasteiger partial charge is 0.339 e.